The SMILES string of the molecule is Nc1nc(N2CCOCC2c2ccccc2)ncc1[N+](=O)[O-]. The highest BCUT2D eigenvalue weighted by Crippen LogP contribution is 2.29. The average molecular weight is 301 g/mol. The molecule has 22 heavy (non-hydrogen) atoms. The van der Waals surface area contributed by atoms with E-state index < -0.39 is 4.92 Å². The summed E-state index contributed by atoms with van der Waals surface area (Å²) in [5, 5.41) is 10.8. The van der Waals surface area contributed by atoms with E-state index in [-0.39, 0.29) is 17.5 Å². The lowest BCUT2D eigenvalue weighted by molar-refractivity contribution is -0.384. The Morgan fingerprint density at radius 1 is 1.36 bits per heavy atom. The summed E-state index contributed by atoms with van der Waals surface area (Å²) in [5.41, 5.74) is 6.45. The van der Waals surface area contributed by atoms with Crippen LogP contribution in [-0.4, -0.2) is 34.6 Å². The monoisotopic (exact) mass is 301 g/mol. The fourth-order valence-electron chi connectivity index (χ4n) is 2.45. The van der Waals surface area contributed by atoms with Gasteiger partial charge in [0, 0.05) is 6.54 Å². The Bertz CT molecular complexity index is 679. The first-order valence-corrected chi connectivity index (χ1v) is 6.83. The van der Waals surface area contributed by atoms with Crippen molar-refractivity contribution < 1.29 is 9.66 Å². The van der Waals surface area contributed by atoms with Crippen molar-refractivity contribution in [1.82, 2.24) is 9.97 Å². The van der Waals surface area contributed by atoms with E-state index >= 15 is 0 Å². The lowest BCUT2D eigenvalue weighted by Crippen LogP contribution is -2.40. The zero-order valence-corrected chi connectivity index (χ0v) is 11.8. The van der Waals surface area contributed by atoms with Crippen LogP contribution in [0.1, 0.15) is 11.6 Å². The molecule has 8 heteroatoms. The number of nitrogen functional groups attached to an aromatic ring is 1. The van der Waals surface area contributed by atoms with E-state index in [1.165, 1.54) is 0 Å². The van der Waals surface area contributed by atoms with Gasteiger partial charge in [-0.25, -0.2) is 4.98 Å². The van der Waals surface area contributed by atoms with Crippen molar-refractivity contribution in [1.29, 1.82) is 0 Å². The number of nitrogens with two attached hydrogens (primary N) is 1. The minimum Gasteiger partial charge on any atom is -0.378 e. The molecule has 1 aromatic heterocycles. The van der Waals surface area contributed by atoms with Crippen LogP contribution >= 0.6 is 0 Å². The number of aromatic nitrogens is 2. The Hall–Kier alpha value is -2.74. The van der Waals surface area contributed by atoms with Gasteiger partial charge in [0.1, 0.15) is 6.20 Å². The number of nitro groups is 1. The van der Waals surface area contributed by atoms with Gasteiger partial charge in [-0.2, -0.15) is 4.98 Å². The van der Waals surface area contributed by atoms with Gasteiger partial charge in [0.15, 0.2) is 0 Å². The van der Waals surface area contributed by atoms with Crippen molar-refractivity contribution in [3.05, 3.63) is 52.2 Å². The van der Waals surface area contributed by atoms with Gasteiger partial charge in [-0.3, -0.25) is 10.1 Å². The maximum atomic E-state index is 10.8. The third kappa shape index (κ3) is 2.68. The average Bonchev–Trinajstić information content (AvgIpc) is 2.55. The molecule has 1 aliphatic heterocycles. The van der Waals surface area contributed by atoms with Gasteiger partial charge in [-0.1, -0.05) is 30.3 Å². The molecule has 1 saturated heterocycles. The summed E-state index contributed by atoms with van der Waals surface area (Å²) in [4.78, 5) is 20.4. The molecule has 1 atom stereocenters. The normalized spacial score (nSPS) is 18.2. The number of hydrogen-bond acceptors (Lipinski definition) is 7. The van der Waals surface area contributed by atoms with E-state index in [4.69, 9.17) is 10.5 Å². The van der Waals surface area contributed by atoms with Crippen molar-refractivity contribution in [3.63, 3.8) is 0 Å². The zero-order valence-electron chi connectivity index (χ0n) is 11.8. The van der Waals surface area contributed by atoms with E-state index in [1.807, 2.05) is 35.2 Å². The molecule has 0 spiro atoms. The first-order valence-electron chi connectivity index (χ1n) is 6.83. The summed E-state index contributed by atoms with van der Waals surface area (Å²) in [6.07, 6.45) is 1.15. The van der Waals surface area contributed by atoms with Crippen LogP contribution in [0.5, 0.6) is 0 Å². The molecule has 2 aromatic rings. The lowest BCUT2D eigenvalue weighted by Gasteiger charge is -2.35. The number of morpholine rings is 1. The fourth-order valence-corrected chi connectivity index (χ4v) is 2.45. The summed E-state index contributed by atoms with van der Waals surface area (Å²) in [6, 6.07) is 9.80. The topological polar surface area (TPSA) is 107 Å². The molecule has 0 bridgehead atoms. The Balaban J connectivity index is 1.94. The number of rotatable bonds is 3. The third-order valence-electron chi connectivity index (χ3n) is 3.55. The lowest BCUT2D eigenvalue weighted by atomic mass is 10.1. The van der Waals surface area contributed by atoms with Crippen LogP contribution < -0.4 is 10.6 Å². The number of anilines is 2. The number of ether oxygens (including phenoxy) is 1. The second kappa shape index (κ2) is 5.94. The molecule has 2 N–H and O–H groups in total. The maximum absolute atomic E-state index is 10.8. The van der Waals surface area contributed by atoms with Crippen LogP contribution in [0.3, 0.4) is 0 Å². The highest BCUT2D eigenvalue weighted by atomic mass is 16.6. The van der Waals surface area contributed by atoms with E-state index in [2.05, 4.69) is 9.97 Å². The number of benzene rings is 1. The number of nitrogens with zero attached hydrogens (tertiary/aromatic N) is 4. The van der Waals surface area contributed by atoms with Crippen molar-refractivity contribution in [2.75, 3.05) is 30.4 Å². The molecule has 1 unspecified atom stereocenters. The van der Waals surface area contributed by atoms with Crippen molar-refractivity contribution in [2.24, 2.45) is 0 Å². The predicted molar refractivity (Wildman–Crippen MR) is 80.4 cm³/mol. The molecule has 1 fully saturated rings. The molecular weight excluding hydrogens is 286 g/mol. The van der Waals surface area contributed by atoms with Crippen LogP contribution in [-0.2, 0) is 4.74 Å². The summed E-state index contributed by atoms with van der Waals surface area (Å²) in [7, 11) is 0. The smallest absolute Gasteiger partial charge is 0.329 e. The second-order valence-corrected chi connectivity index (χ2v) is 4.89. The van der Waals surface area contributed by atoms with Crippen molar-refractivity contribution in [2.45, 2.75) is 6.04 Å². The van der Waals surface area contributed by atoms with E-state index in [0.29, 0.717) is 25.7 Å². The molecule has 0 aliphatic carbocycles. The fraction of sp³-hybridized carbons (Fsp3) is 0.286. The van der Waals surface area contributed by atoms with Gasteiger partial charge in [0.2, 0.25) is 11.8 Å². The molecule has 0 radical (unpaired) electrons. The van der Waals surface area contributed by atoms with E-state index in [1.54, 1.807) is 0 Å². The summed E-state index contributed by atoms with van der Waals surface area (Å²) in [5.74, 6) is 0.244. The van der Waals surface area contributed by atoms with Crippen LogP contribution in [0.4, 0.5) is 17.5 Å². The molecule has 3 rings (SSSR count). The second-order valence-electron chi connectivity index (χ2n) is 4.89. The quantitative estimate of drug-likeness (QED) is 0.676. The largest absolute Gasteiger partial charge is 0.378 e. The molecule has 114 valence electrons. The Kier molecular flexibility index (Phi) is 3.84. The van der Waals surface area contributed by atoms with E-state index in [9.17, 15) is 10.1 Å². The van der Waals surface area contributed by atoms with Crippen LogP contribution in [0.2, 0.25) is 0 Å². The van der Waals surface area contributed by atoms with Gasteiger partial charge in [0.25, 0.3) is 0 Å². The first kappa shape index (κ1) is 14.2. The molecule has 2 heterocycles. The highest BCUT2D eigenvalue weighted by molar-refractivity contribution is 5.54. The molecule has 1 aliphatic rings. The molecular formula is C14H15N5O3. The highest BCUT2D eigenvalue weighted by Gasteiger charge is 2.28. The van der Waals surface area contributed by atoms with Crippen LogP contribution in [0.15, 0.2) is 36.5 Å². The molecule has 0 amide bonds. The third-order valence-corrected chi connectivity index (χ3v) is 3.55. The van der Waals surface area contributed by atoms with Gasteiger partial charge in [-0.15, -0.1) is 0 Å². The van der Waals surface area contributed by atoms with Gasteiger partial charge >= 0.3 is 5.69 Å². The standard InChI is InChI=1S/C14H15N5O3/c15-13-11(19(20)21)8-16-14(17-13)18-6-7-22-9-12(18)10-4-2-1-3-5-10/h1-5,8,12H,6-7,9H2,(H2,15,16,17). The van der Waals surface area contributed by atoms with Gasteiger partial charge < -0.3 is 15.4 Å². The Morgan fingerprint density at radius 3 is 2.82 bits per heavy atom. The zero-order chi connectivity index (χ0) is 15.5. The molecule has 8 nitrogen and oxygen atoms in total. The number of hydrogen-bond donors (Lipinski definition) is 1. The van der Waals surface area contributed by atoms with Gasteiger partial charge in [-0.05, 0) is 5.56 Å². The molecule has 0 saturated carbocycles. The minimum atomic E-state index is -0.590. The van der Waals surface area contributed by atoms with E-state index in [0.717, 1.165) is 11.8 Å². The maximum Gasteiger partial charge on any atom is 0.329 e. The van der Waals surface area contributed by atoms with Crippen LogP contribution in [0.25, 0.3) is 0 Å². The Labute approximate surface area is 126 Å². The summed E-state index contributed by atoms with van der Waals surface area (Å²) < 4.78 is 5.54. The van der Waals surface area contributed by atoms with Crippen molar-refractivity contribution >= 4 is 17.5 Å². The minimum absolute atomic E-state index is 0.0455. The Morgan fingerprint density at radius 2 is 2.14 bits per heavy atom. The molecule has 1 aromatic carbocycles. The first-order chi connectivity index (χ1) is 10.7. The van der Waals surface area contributed by atoms with Gasteiger partial charge in [0.05, 0.1) is 24.2 Å². The van der Waals surface area contributed by atoms with Crippen molar-refractivity contribution in [3.8, 4) is 0 Å². The summed E-state index contributed by atoms with van der Waals surface area (Å²) >= 11 is 0. The van der Waals surface area contributed by atoms with Crippen LogP contribution in [0, 0.1) is 10.1 Å². The summed E-state index contributed by atoms with van der Waals surface area (Å²) in [6.45, 7) is 1.64. The predicted octanol–water partition coefficient (Wildman–Crippen LogP) is 1.54.